The monoisotopic (exact) mass is 334 g/mol. The first kappa shape index (κ1) is 16.4. The molecule has 1 aliphatic heterocycles. The lowest BCUT2D eigenvalue weighted by Gasteiger charge is -2.14. The molecule has 124 valence electrons. The van der Waals surface area contributed by atoms with Crippen LogP contribution in [0, 0.1) is 11.3 Å². The molecule has 0 spiro atoms. The first-order valence-electron chi connectivity index (χ1n) is 7.66. The zero-order valence-corrected chi connectivity index (χ0v) is 13.4. The molecule has 0 bridgehead atoms. The predicted octanol–water partition coefficient (Wildman–Crippen LogP) is 2.55. The van der Waals surface area contributed by atoms with Gasteiger partial charge >= 0.3 is 5.97 Å². The molecule has 0 saturated carbocycles. The van der Waals surface area contributed by atoms with Gasteiger partial charge in [-0.2, -0.15) is 5.26 Å². The zero-order chi connectivity index (χ0) is 18.0. The molecular weight excluding hydrogens is 320 g/mol. The molecule has 0 aliphatic carbocycles. The highest BCUT2D eigenvalue weighted by Gasteiger charge is 2.35. The van der Waals surface area contributed by atoms with Crippen LogP contribution in [0.2, 0.25) is 0 Å². The Hall–Kier alpha value is -3.46. The third kappa shape index (κ3) is 3.12. The van der Waals surface area contributed by atoms with Crippen molar-refractivity contribution in [2.24, 2.45) is 0 Å². The zero-order valence-electron chi connectivity index (χ0n) is 13.4. The molecule has 1 heterocycles. The van der Waals surface area contributed by atoms with Crippen LogP contribution in [-0.2, 0) is 11.3 Å². The number of ether oxygens (including phenoxy) is 1. The summed E-state index contributed by atoms with van der Waals surface area (Å²) in [7, 11) is 0. The van der Waals surface area contributed by atoms with Gasteiger partial charge in [0.2, 0.25) is 0 Å². The van der Waals surface area contributed by atoms with E-state index in [-0.39, 0.29) is 23.9 Å². The number of rotatable bonds is 4. The van der Waals surface area contributed by atoms with Gasteiger partial charge in [-0.15, -0.1) is 0 Å². The summed E-state index contributed by atoms with van der Waals surface area (Å²) in [4.78, 5) is 37.9. The van der Waals surface area contributed by atoms with Crippen molar-refractivity contribution in [3.8, 4) is 6.07 Å². The number of hydrogen-bond donors (Lipinski definition) is 0. The van der Waals surface area contributed by atoms with Gasteiger partial charge in [0, 0.05) is 0 Å². The second-order valence-corrected chi connectivity index (χ2v) is 5.62. The summed E-state index contributed by atoms with van der Waals surface area (Å²) in [5, 5.41) is 8.71. The third-order valence-corrected chi connectivity index (χ3v) is 3.85. The summed E-state index contributed by atoms with van der Waals surface area (Å²) in [5.41, 5.74) is 1.64. The molecule has 0 radical (unpaired) electrons. The average Bonchev–Trinajstić information content (AvgIpc) is 2.87. The maximum absolute atomic E-state index is 12.4. The predicted molar refractivity (Wildman–Crippen MR) is 87.6 cm³/mol. The molecule has 1 unspecified atom stereocenters. The number of benzene rings is 2. The maximum Gasteiger partial charge on any atom is 0.339 e. The molecule has 6 heteroatoms. The summed E-state index contributed by atoms with van der Waals surface area (Å²) in [6.45, 7) is 1.53. The summed E-state index contributed by atoms with van der Waals surface area (Å²) in [6, 6.07) is 14.9. The Bertz CT molecular complexity index is 879. The molecule has 1 aliphatic rings. The molecule has 25 heavy (non-hydrogen) atoms. The van der Waals surface area contributed by atoms with Crippen LogP contribution in [0.5, 0.6) is 0 Å². The smallest absolute Gasteiger partial charge is 0.339 e. The second kappa shape index (κ2) is 6.57. The van der Waals surface area contributed by atoms with Gasteiger partial charge < -0.3 is 4.74 Å². The number of nitrogens with zero attached hydrogens (tertiary/aromatic N) is 2. The summed E-state index contributed by atoms with van der Waals surface area (Å²) >= 11 is 0. The highest BCUT2D eigenvalue weighted by molar-refractivity contribution is 6.21. The van der Waals surface area contributed by atoms with Gasteiger partial charge in [-0.05, 0) is 36.8 Å². The van der Waals surface area contributed by atoms with Crippen molar-refractivity contribution in [3.05, 3.63) is 70.8 Å². The fourth-order valence-electron chi connectivity index (χ4n) is 2.62. The summed E-state index contributed by atoms with van der Waals surface area (Å²) in [5.74, 6) is -1.34. The Morgan fingerprint density at radius 2 is 1.76 bits per heavy atom. The van der Waals surface area contributed by atoms with Crippen molar-refractivity contribution >= 4 is 17.8 Å². The van der Waals surface area contributed by atoms with Crippen molar-refractivity contribution in [3.63, 3.8) is 0 Å². The number of amides is 2. The van der Waals surface area contributed by atoms with Gasteiger partial charge in [-0.3, -0.25) is 14.5 Å². The number of fused-ring (bicyclic) bond motifs is 1. The van der Waals surface area contributed by atoms with Gasteiger partial charge in [-0.1, -0.05) is 24.3 Å². The molecule has 0 saturated heterocycles. The minimum absolute atomic E-state index is 0.0568. The normalized spacial score (nSPS) is 14.0. The molecular formula is C19H14N2O4. The van der Waals surface area contributed by atoms with E-state index in [1.807, 2.05) is 6.07 Å². The van der Waals surface area contributed by atoms with Crippen LogP contribution in [-0.4, -0.2) is 28.8 Å². The molecule has 2 amide bonds. The van der Waals surface area contributed by atoms with Crippen molar-refractivity contribution in [2.75, 3.05) is 0 Å². The summed E-state index contributed by atoms with van der Waals surface area (Å²) < 4.78 is 4.96. The van der Waals surface area contributed by atoms with E-state index in [1.165, 1.54) is 6.92 Å². The van der Waals surface area contributed by atoms with Crippen molar-refractivity contribution in [2.45, 2.75) is 19.6 Å². The van der Waals surface area contributed by atoms with Crippen molar-refractivity contribution in [1.29, 1.82) is 5.26 Å². The fourth-order valence-corrected chi connectivity index (χ4v) is 2.62. The van der Waals surface area contributed by atoms with E-state index in [0.717, 1.165) is 4.90 Å². The lowest BCUT2D eigenvalue weighted by Crippen LogP contribution is -2.29. The molecule has 6 nitrogen and oxygen atoms in total. The van der Waals surface area contributed by atoms with E-state index in [2.05, 4.69) is 0 Å². The average molecular weight is 334 g/mol. The van der Waals surface area contributed by atoms with Crippen LogP contribution in [0.4, 0.5) is 0 Å². The van der Waals surface area contributed by atoms with Crippen LogP contribution in [0.3, 0.4) is 0 Å². The van der Waals surface area contributed by atoms with Gasteiger partial charge in [0.05, 0.1) is 23.2 Å². The van der Waals surface area contributed by atoms with Gasteiger partial charge in [0.15, 0.2) is 6.10 Å². The van der Waals surface area contributed by atoms with Gasteiger partial charge in [0.25, 0.3) is 11.8 Å². The molecule has 3 rings (SSSR count). The molecule has 2 aromatic carbocycles. The number of carbonyl (C=O) groups is 3. The molecule has 0 N–H and O–H groups in total. The Kier molecular flexibility index (Phi) is 4.31. The fraction of sp³-hybridized carbons (Fsp3) is 0.158. The van der Waals surface area contributed by atoms with E-state index < -0.39 is 12.1 Å². The van der Waals surface area contributed by atoms with Crippen LogP contribution in [0.15, 0.2) is 48.5 Å². The lowest BCUT2D eigenvalue weighted by atomic mass is 10.1. The van der Waals surface area contributed by atoms with Gasteiger partial charge in [0.1, 0.15) is 6.07 Å². The molecule has 2 aromatic rings. The van der Waals surface area contributed by atoms with Gasteiger partial charge in [-0.25, -0.2) is 4.79 Å². The Morgan fingerprint density at radius 1 is 1.12 bits per heavy atom. The highest BCUT2D eigenvalue weighted by atomic mass is 16.5. The maximum atomic E-state index is 12.4. The number of carbonyl (C=O) groups excluding carboxylic acids is 3. The van der Waals surface area contributed by atoms with E-state index in [9.17, 15) is 14.4 Å². The minimum atomic E-state index is -0.854. The SMILES string of the molecule is CC(C#N)OC(=O)c1cccc(CN2C(=O)c3ccccc3C2=O)c1. The van der Waals surface area contributed by atoms with Crippen LogP contribution in [0.25, 0.3) is 0 Å². The first-order chi connectivity index (χ1) is 12.0. The second-order valence-electron chi connectivity index (χ2n) is 5.62. The Labute approximate surface area is 144 Å². The van der Waals surface area contributed by atoms with Crippen LogP contribution < -0.4 is 0 Å². The number of nitriles is 1. The number of esters is 1. The molecule has 1 atom stereocenters. The van der Waals surface area contributed by atoms with Crippen molar-refractivity contribution in [1.82, 2.24) is 4.90 Å². The molecule has 0 fully saturated rings. The lowest BCUT2D eigenvalue weighted by molar-refractivity contribution is 0.0435. The number of hydrogen-bond acceptors (Lipinski definition) is 5. The topological polar surface area (TPSA) is 87.5 Å². The largest absolute Gasteiger partial charge is 0.444 e. The summed E-state index contributed by atoms with van der Waals surface area (Å²) in [6.07, 6.45) is -0.854. The third-order valence-electron chi connectivity index (χ3n) is 3.85. The minimum Gasteiger partial charge on any atom is -0.444 e. The standard InChI is InChI=1S/C19H14N2O4/c1-12(10-20)25-19(24)14-6-4-5-13(9-14)11-21-17(22)15-7-2-3-8-16(15)18(21)23/h2-9,12H,11H2,1H3. The highest BCUT2D eigenvalue weighted by Crippen LogP contribution is 2.24. The quantitative estimate of drug-likeness (QED) is 0.633. The van der Waals surface area contributed by atoms with E-state index in [4.69, 9.17) is 10.00 Å². The van der Waals surface area contributed by atoms with E-state index in [1.54, 1.807) is 48.5 Å². The van der Waals surface area contributed by atoms with E-state index in [0.29, 0.717) is 16.7 Å². The number of imide groups is 1. The Morgan fingerprint density at radius 3 is 2.36 bits per heavy atom. The Balaban J connectivity index is 1.80. The van der Waals surface area contributed by atoms with E-state index >= 15 is 0 Å². The molecule has 0 aromatic heterocycles. The van der Waals surface area contributed by atoms with Crippen LogP contribution >= 0.6 is 0 Å². The van der Waals surface area contributed by atoms with Crippen molar-refractivity contribution < 1.29 is 19.1 Å². The first-order valence-corrected chi connectivity index (χ1v) is 7.66. The van der Waals surface area contributed by atoms with Crippen LogP contribution in [0.1, 0.15) is 43.6 Å².